The molecule has 7 heteroatoms. The number of rotatable bonds is 5. The van der Waals surface area contributed by atoms with Gasteiger partial charge in [-0.2, -0.15) is 0 Å². The summed E-state index contributed by atoms with van der Waals surface area (Å²) in [6, 6.07) is 5.85. The second kappa shape index (κ2) is 8.67. The van der Waals surface area contributed by atoms with E-state index in [1.807, 2.05) is 39.0 Å². The van der Waals surface area contributed by atoms with Gasteiger partial charge in [0.05, 0.1) is 24.6 Å². The third-order valence-electron chi connectivity index (χ3n) is 3.90. The molecule has 1 aromatic rings. The fourth-order valence-corrected chi connectivity index (χ4v) is 2.82. The summed E-state index contributed by atoms with van der Waals surface area (Å²) in [6.45, 7) is 8.82. The van der Waals surface area contributed by atoms with Crippen molar-refractivity contribution in [2.75, 3.05) is 43.1 Å². The van der Waals surface area contributed by atoms with Crippen LogP contribution in [0.1, 0.15) is 27.2 Å². The van der Waals surface area contributed by atoms with Crippen LogP contribution < -0.4 is 15.5 Å². The molecule has 0 atom stereocenters. The summed E-state index contributed by atoms with van der Waals surface area (Å²) in [5, 5.41) is 5.75. The number of hydrogen-bond acceptors (Lipinski definition) is 4. The molecule has 0 saturated carbocycles. The average Bonchev–Trinajstić information content (AvgIpc) is 2.55. The summed E-state index contributed by atoms with van der Waals surface area (Å²) in [6.07, 6.45) is 0.233. The SMILES string of the molecule is CC(C)(C)C(=O)NCCC(=O)Nc1cc(Br)ccc1N1CCOCC1. The van der Waals surface area contributed by atoms with Crippen LogP contribution >= 0.6 is 15.9 Å². The van der Waals surface area contributed by atoms with Gasteiger partial charge in [-0.1, -0.05) is 36.7 Å². The first-order valence-corrected chi connectivity index (χ1v) is 9.27. The van der Waals surface area contributed by atoms with E-state index in [2.05, 4.69) is 31.5 Å². The molecule has 138 valence electrons. The molecule has 1 aliphatic heterocycles. The van der Waals surface area contributed by atoms with Gasteiger partial charge in [-0.05, 0) is 18.2 Å². The molecule has 6 nitrogen and oxygen atoms in total. The molecule has 1 fully saturated rings. The normalized spacial score (nSPS) is 15.0. The third-order valence-corrected chi connectivity index (χ3v) is 4.40. The lowest BCUT2D eigenvalue weighted by Gasteiger charge is -2.30. The van der Waals surface area contributed by atoms with Crippen molar-refractivity contribution < 1.29 is 14.3 Å². The van der Waals surface area contributed by atoms with Crippen LogP contribution in [0, 0.1) is 5.41 Å². The number of ether oxygens (including phenoxy) is 1. The van der Waals surface area contributed by atoms with Gasteiger partial charge in [0.15, 0.2) is 0 Å². The van der Waals surface area contributed by atoms with E-state index >= 15 is 0 Å². The molecule has 1 saturated heterocycles. The van der Waals surface area contributed by atoms with Crippen molar-refractivity contribution in [3.63, 3.8) is 0 Å². The Bertz CT molecular complexity index is 622. The Morgan fingerprint density at radius 3 is 2.56 bits per heavy atom. The number of amides is 2. The largest absolute Gasteiger partial charge is 0.378 e. The van der Waals surface area contributed by atoms with Gasteiger partial charge in [0, 0.05) is 35.9 Å². The van der Waals surface area contributed by atoms with Crippen LogP contribution in [0.25, 0.3) is 0 Å². The molecule has 1 aromatic carbocycles. The molecule has 0 aliphatic carbocycles. The van der Waals surface area contributed by atoms with Crippen molar-refractivity contribution in [2.24, 2.45) is 5.41 Å². The summed E-state index contributed by atoms with van der Waals surface area (Å²) in [4.78, 5) is 26.3. The van der Waals surface area contributed by atoms with Crippen LogP contribution in [0.4, 0.5) is 11.4 Å². The number of anilines is 2. The van der Waals surface area contributed by atoms with Crippen molar-refractivity contribution in [2.45, 2.75) is 27.2 Å². The topological polar surface area (TPSA) is 70.7 Å². The second-order valence-corrected chi connectivity index (χ2v) is 7.98. The lowest BCUT2D eigenvalue weighted by Crippen LogP contribution is -2.37. The zero-order chi connectivity index (χ0) is 18.4. The fraction of sp³-hybridized carbons (Fsp3) is 0.556. The van der Waals surface area contributed by atoms with Gasteiger partial charge in [-0.25, -0.2) is 0 Å². The Morgan fingerprint density at radius 2 is 1.92 bits per heavy atom. The van der Waals surface area contributed by atoms with E-state index < -0.39 is 5.41 Å². The highest BCUT2D eigenvalue weighted by molar-refractivity contribution is 9.10. The maximum atomic E-state index is 12.3. The number of benzene rings is 1. The number of halogens is 1. The van der Waals surface area contributed by atoms with Crippen molar-refractivity contribution in [1.82, 2.24) is 5.32 Å². The van der Waals surface area contributed by atoms with Gasteiger partial charge in [0.2, 0.25) is 11.8 Å². The highest BCUT2D eigenvalue weighted by atomic mass is 79.9. The molecule has 1 heterocycles. The molecule has 0 aromatic heterocycles. The maximum absolute atomic E-state index is 12.3. The highest BCUT2D eigenvalue weighted by Crippen LogP contribution is 2.30. The minimum absolute atomic E-state index is 0.0586. The molecule has 2 N–H and O–H groups in total. The first kappa shape index (κ1) is 19.7. The molecule has 2 rings (SSSR count). The smallest absolute Gasteiger partial charge is 0.226 e. The number of hydrogen-bond donors (Lipinski definition) is 2. The summed E-state index contributed by atoms with van der Waals surface area (Å²) in [5.74, 6) is -0.182. The van der Waals surface area contributed by atoms with Crippen molar-refractivity contribution >= 4 is 39.1 Å². The third kappa shape index (κ3) is 6.01. The number of nitrogens with one attached hydrogen (secondary N) is 2. The zero-order valence-electron chi connectivity index (χ0n) is 15.0. The van der Waals surface area contributed by atoms with Crippen molar-refractivity contribution in [3.8, 4) is 0 Å². The van der Waals surface area contributed by atoms with Gasteiger partial charge in [0.25, 0.3) is 0 Å². The van der Waals surface area contributed by atoms with Gasteiger partial charge in [-0.15, -0.1) is 0 Å². The van der Waals surface area contributed by atoms with E-state index in [1.54, 1.807) is 0 Å². The lowest BCUT2D eigenvalue weighted by atomic mass is 9.96. The molecule has 0 unspecified atom stereocenters. The predicted molar refractivity (Wildman–Crippen MR) is 103 cm³/mol. The minimum Gasteiger partial charge on any atom is -0.378 e. The molecule has 0 spiro atoms. The van der Waals surface area contributed by atoms with E-state index in [0.717, 1.165) is 28.9 Å². The Labute approximate surface area is 157 Å². The van der Waals surface area contributed by atoms with E-state index in [9.17, 15) is 9.59 Å². The summed E-state index contributed by atoms with van der Waals surface area (Å²) < 4.78 is 6.29. The monoisotopic (exact) mass is 411 g/mol. The molecule has 1 aliphatic rings. The molecule has 0 bridgehead atoms. The molecule has 2 amide bonds. The van der Waals surface area contributed by atoms with E-state index in [4.69, 9.17) is 4.74 Å². The van der Waals surface area contributed by atoms with Crippen LogP contribution in [-0.2, 0) is 14.3 Å². The van der Waals surface area contributed by atoms with Gasteiger partial charge in [0.1, 0.15) is 0 Å². The molecule has 0 radical (unpaired) electrons. The van der Waals surface area contributed by atoms with Gasteiger partial charge >= 0.3 is 0 Å². The Morgan fingerprint density at radius 1 is 1.24 bits per heavy atom. The number of carbonyl (C=O) groups is 2. The quantitative estimate of drug-likeness (QED) is 0.781. The summed E-state index contributed by atoms with van der Waals surface area (Å²) >= 11 is 3.45. The van der Waals surface area contributed by atoms with Crippen LogP contribution in [0.2, 0.25) is 0 Å². The van der Waals surface area contributed by atoms with E-state index in [-0.39, 0.29) is 18.2 Å². The minimum atomic E-state index is -0.454. The first-order chi connectivity index (χ1) is 11.8. The van der Waals surface area contributed by atoms with Crippen LogP contribution in [0.3, 0.4) is 0 Å². The number of carbonyl (C=O) groups excluding carboxylic acids is 2. The number of nitrogens with zero attached hydrogens (tertiary/aromatic N) is 1. The Hall–Kier alpha value is -1.60. The molecular weight excluding hydrogens is 386 g/mol. The summed E-state index contributed by atoms with van der Waals surface area (Å²) in [5.41, 5.74) is 1.30. The van der Waals surface area contributed by atoms with Gasteiger partial charge in [-0.3, -0.25) is 9.59 Å². The first-order valence-electron chi connectivity index (χ1n) is 8.48. The van der Waals surface area contributed by atoms with Crippen molar-refractivity contribution in [3.05, 3.63) is 22.7 Å². The zero-order valence-corrected chi connectivity index (χ0v) is 16.6. The van der Waals surface area contributed by atoms with Crippen LogP contribution in [0.15, 0.2) is 22.7 Å². The number of morpholine rings is 1. The van der Waals surface area contributed by atoms with Crippen molar-refractivity contribution in [1.29, 1.82) is 0 Å². The van der Waals surface area contributed by atoms with E-state index in [1.165, 1.54) is 0 Å². The average molecular weight is 412 g/mol. The second-order valence-electron chi connectivity index (χ2n) is 7.06. The summed E-state index contributed by atoms with van der Waals surface area (Å²) in [7, 11) is 0. The predicted octanol–water partition coefficient (Wildman–Crippen LogP) is 2.78. The molecule has 25 heavy (non-hydrogen) atoms. The van der Waals surface area contributed by atoms with E-state index in [0.29, 0.717) is 19.8 Å². The highest BCUT2D eigenvalue weighted by Gasteiger charge is 2.21. The Kier molecular flexibility index (Phi) is 6.84. The van der Waals surface area contributed by atoms with Crippen LogP contribution in [-0.4, -0.2) is 44.7 Å². The molecular formula is C18H26BrN3O3. The maximum Gasteiger partial charge on any atom is 0.226 e. The van der Waals surface area contributed by atoms with Crippen LogP contribution in [0.5, 0.6) is 0 Å². The van der Waals surface area contributed by atoms with Gasteiger partial charge < -0.3 is 20.3 Å². The Balaban J connectivity index is 1.95. The lowest BCUT2D eigenvalue weighted by molar-refractivity contribution is -0.128. The fourth-order valence-electron chi connectivity index (χ4n) is 2.46. The standard InChI is InChI=1S/C18H26BrN3O3/c1-18(2,3)17(24)20-7-6-16(23)21-14-12-13(19)4-5-15(14)22-8-10-25-11-9-22/h4-5,12H,6-11H2,1-3H3,(H,20,24)(H,21,23).